The molecule has 0 bridgehead atoms. The summed E-state index contributed by atoms with van der Waals surface area (Å²) in [6, 6.07) is 0.724. The molecule has 0 atom stereocenters. The third-order valence-corrected chi connectivity index (χ3v) is 3.88. The van der Waals surface area contributed by atoms with Gasteiger partial charge in [0.05, 0.1) is 0 Å². The molecular weight excluding hydrogens is 296 g/mol. The summed E-state index contributed by atoms with van der Waals surface area (Å²) >= 11 is 0.430. The lowest BCUT2D eigenvalue weighted by atomic mass is 10.2. The maximum Gasteiger partial charge on any atom is 0.350 e. The van der Waals surface area contributed by atoms with Crippen LogP contribution in [0, 0.1) is 0 Å². The third kappa shape index (κ3) is 4.01. The molecule has 0 saturated heterocycles. The Kier molecular flexibility index (Phi) is 4.03. The molecule has 0 aliphatic carbocycles. The molecule has 1 heterocycles. The summed E-state index contributed by atoms with van der Waals surface area (Å²) in [6.07, 6.45) is 0. The maximum atomic E-state index is 11.8. The van der Waals surface area contributed by atoms with Gasteiger partial charge in [0.25, 0.3) is 10.1 Å². The van der Waals surface area contributed by atoms with Crippen LogP contribution < -0.4 is 0 Å². The Hall–Kier alpha value is -1.45. The quantitative estimate of drug-likeness (QED) is 0.643. The monoisotopic (exact) mass is 308 g/mol. The van der Waals surface area contributed by atoms with Gasteiger partial charge in [0, 0.05) is 0 Å². The van der Waals surface area contributed by atoms with Gasteiger partial charge in [-0.2, -0.15) is 8.42 Å². The summed E-state index contributed by atoms with van der Waals surface area (Å²) in [4.78, 5) is 21.0. The molecule has 0 aliphatic rings. The fourth-order valence-electron chi connectivity index (χ4n) is 1.14. The molecule has 0 aliphatic heterocycles. The second-order valence-electron chi connectivity index (χ2n) is 4.59. The number of esters is 1. The average Bonchev–Trinajstić information content (AvgIpc) is 2.57. The van der Waals surface area contributed by atoms with Gasteiger partial charge < -0.3 is 9.84 Å². The molecule has 0 fully saturated rings. The van der Waals surface area contributed by atoms with E-state index in [4.69, 9.17) is 14.4 Å². The predicted octanol–water partition coefficient (Wildman–Crippen LogP) is 1.65. The molecule has 0 spiro atoms. The number of hydrogen-bond donors (Lipinski definition) is 2. The van der Waals surface area contributed by atoms with Gasteiger partial charge in [-0.3, -0.25) is 4.55 Å². The Morgan fingerprint density at radius 1 is 1.32 bits per heavy atom. The number of aromatic carboxylic acids is 1. The Morgan fingerprint density at radius 3 is 2.21 bits per heavy atom. The first-order chi connectivity index (χ1) is 8.42. The van der Waals surface area contributed by atoms with Gasteiger partial charge in [0.1, 0.15) is 20.3 Å². The van der Waals surface area contributed by atoms with Crippen molar-refractivity contribution in [1.82, 2.24) is 0 Å². The van der Waals surface area contributed by atoms with E-state index in [1.54, 1.807) is 20.8 Å². The van der Waals surface area contributed by atoms with Crippen LogP contribution in [0.1, 0.15) is 40.1 Å². The zero-order valence-corrected chi connectivity index (χ0v) is 12.0. The molecule has 1 aromatic rings. The summed E-state index contributed by atoms with van der Waals surface area (Å²) in [6.45, 7) is 4.72. The molecule has 9 heteroatoms. The highest BCUT2D eigenvalue weighted by Gasteiger charge is 2.29. The molecule has 1 rings (SSSR count). The zero-order valence-electron chi connectivity index (χ0n) is 10.3. The van der Waals surface area contributed by atoms with Crippen LogP contribution in [0.3, 0.4) is 0 Å². The van der Waals surface area contributed by atoms with Crippen LogP contribution >= 0.6 is 11.3 Å². The number of rotatable bonds is 3. The number of ether oxygens (including phenoxy) is 1. The number of carbonyl (C=O) groups is 2. The zero-order chi connectivity index (χ0) is 15.0. The SMILES string of the molecule is CC(C)(C)OC(=O)c1sc(C(=O)O)cc1S(=O)(=O)O. The first kappa shape index (κ1) is 15.6. The minimum absolute atomic E-state index is 0.381. The number of carboxylic acid groups (broad SMARTS) is 1. The van der Waals surface area contributed by atoms with Crippen molar-refractivity contribution in [3.63, 3.8) is 0 Å². The van der Waals surface area contributed by atoms with E-state index < -0.39 is 37.4 Å². The number of thiophene rings is 1. The van der Waals surface area contributed by atoms with Gasteiger partial charge in [-0.25, -0.2) is 9.59 Å². The van der Waals surface area contributed by atoms with Crippen LogP contribution in [0.25, 0.3) is 0 Å². The second-order valence-corrected chi connectivity index (χ2v) is 7.03. The van der Waals surface area contributed by atoms with Crippen molar-refractivity contribution in [2.75, 3.05) is 0 Å². The molecular formula is C10H12O7S2. The van der Waals surface area contributed by atoms with Crippen molar-refractivity contribution >= 4 is 33.4 Å². The summed E-state index contributed by atoms with van der Waals surface area (Å²) < 4.78 is 36.2. The Labute approximate surface area is 113 Å². The smallest absolute Gasteiger partial charge is 0.350 e. The Balaban J connectivity index is 3.34. The van der Waals surface area contributed by atoms with Crippen molar-refractivity contribution in [3.8, 4) is 0 Å². The second kappa shape index (κ2) is 4.91. The minimum Gasteiger partial charge on any atom is -0.477 e. The van der Waals surface area contributed by atoms with Gasteiger partial charge in [-0.05, 0) is 26.8 Å². The fraction of sp³-hybridized carbons (Fsp3) is 0.400. The van der Waals surface area contributed by atoms with Crippen molar-refractivity contribution in [2.24, 2.45) is 0 Å². The van der Waals surface area contributed by atoms with Crippen LogP contribution in [0.5, 0.6) is 0 Å². The van der Waals surface area contributed by atoms with E-state index in [2.05, 4.69) is 0 Å². The van der Waals surface area contributed by atoms with Crippen molar-refractivity contribution in [3.05, 3.63) is 15.8 Å². The van der Waals surface area contributed by atoms with E-state index in [1.165, 1.54) is 0 Å². The van der Waals surface area contributed by atoms with E-state index in [0.717, 1.165) is 6.07 Å². The van der Waals surface area contributed by atoms with Gasteiger partial charge in [0.2, 0.25) is 0 Å². The number of carboxylic acids is 1. The topological polar surface area (TPSA) is 118 Å². The van der Waals surface area contributed by atoms with Gasteiger partial charge in [0.15, 0.2) is 0 Å². The molecule has 0 amide bonds. The largest absolute Gasteiger partial charge is 0.477 e. The van der Waals surface area contributed by atoms with Crippen LogP contribution in [0.4, 0.5) is 0 Å². The fourth-order valence-corrected chi connectivity index (χ4v) is 3.01. The lowest BCUT2D eigenvalue weighted by Crippen LogP contribution is -2.24. The van der Waals surface area contributed by atoms with E-state index in [-0.39, 0.29) is 4.88 Å². The first-order valence-electron chi connectivity index (χ1n) is 5.00. The van der Waals surface area contributed by atoms with Crippen molar-refractivity contribution in [1.29, 1.82) is 0 Å². The van der Waals surface area contributed by atoms with Crippen LogP contribution in [0.15, 0.2) is 11.0 Å². The van der Waals surface area contributed by atoms with Gasteiger partial charge >= 0.3 is 11.9 Å². The highest BCUT2D eigenvalue weighted by Crippen LogP contribution is 2.28. The maximum absolute atomic E-state index is 11.8. The van der Waals surface area contributed by atoms with Crippen molar-refractivity contribution in [2.45, 2.75) is 31.3 Å². The first-order valence-corrected chi connectivity index (χ1v) is 7.25. The number of hydrogen-bond acceptors (Lipinski definition) is 6. The highest BCUT2D eigenvalue weighted by atomic mass is 32.2. The standard InChI is InChI=1S/C10H12O7S2/c1-10(2,3)17-9(13)7-6(19(14,15)16)4-5(18-7)8(11)12/h4H,1-3H3,(H,11,12)(H,14,15,16). The normalized spacial score (nSPS) is 12.2. The van der Waals surface area contributed by atoms with Crippen LogP contribution in [0.2, 0.25) is 0 Å². The molecule has 106 valence electrons. The minimum atomic E-state index is -4.70. The van der Waals surface area contributed by atoms with Gasteiger partial charge in [-0.15, -0.1) is 11.3 Å². The predicted molar refractivity (Wildman–Crippen MR) is 66.3 cm³/mol. The Morgan fingerprint density at radius 2 is 1.84 bits per heavy atom. The molecule has 2 N–H and O–H groups in total. The van der Waals surface area contributed by atoms with E-state index in [0.29, 0.717) is 11.3 Å². The molecule has 0 radical (unpaired) electrons. The number of carbonyl (C=O) groups excluding carboxylic acids is 1. The summed E-state index contributed by atoms with van der Waals surface area (Å²) in [5.74, 6) is -2.40. The van der Waals surface area contributed by atoms with Crippen molar-refractivity contribution < 1.29 is 32.4 Å². The molecule has 1 aromatic heterocycles. The lowest BCUT2D eigenvalue weighted by molar-refractivity contribution is 0.00707. The Bertz CT molecular complexity index is 619. The molecule has 7 nitrogen and oxygen atoms in total. The highest BCUT2D eigenvalue weighted by molar-refractivity contribution is 7.86. The van der Waals surface area contributed by atoms with E-state index in [1.807, 2.05) is 0 Å². The molecule has 0 aromatic carbocycles. The third-order valence-electron chi connectivity index (χ3n) is 1.77. The summed E-state index contributed by atoms with van der Waals surface area (Å²) in [5.41, 5.74) is -0.874. The van der Waals surface area contributed by atoms with E-state index in [9.17, 15) is 18.0 Å². The van der Waals surface area contributed by atoms with Crippen LogP contribution in [-0.2, 0) is 14.9 Å². The molecule has 0 saturated carbocycles. The van der Waals surface area contributed by atoms with E-state index >= 15 is 0 Å². The summed E-state index contributed by atoms with van der Waals surface area (Å²) in [7, 11) is -4.70. The molecule has 0 unspecified atom stereocenters. The molecule has 19 heavy (non-hydrogen) atoms. The lowest BCUT2D eigenvalue weighted by Gasteiger charge is -2.19. The van der Waals surface area contributed by atoms with Gasteiger partial charge in [-0.1, -0.05) is 0 Å². The summed E-state index contributed by atoms with van der Waals surface area (Å²) in [5, 5.41) is 8.78. The van der Waals surface area contributed by atoms with Crippen LogP contribution in [-0.4, -0.2) is 35.6 Å². The average molecular weight is 308 g/mol.